The minimum Gasteiger partial charge on any atom is -0.367 e. The average molecular weight is 276 g/mol. The minimum atomic E-state index is -2.80. The fraction of sp³-hybridized carbons (Fsp3) is 0.357. The number of aromatic nitrogens is 1. The van der Waals surface area contributed by atoms with Crippen LogP contribution in [0.3, 0.4) is 0 Å². The molecule has 0 saturated carbocycles. The Morgan fingerprint density at radius 1 is 1.05 bits per heavy atom. The van der Waals surface area contributed by atoms with Crippen molar-refractivity contribution in [2.75, 3.05) is 16.8 Å². The van der Waals surface area contributed by atoms with Crippen molar-refractivity contribution in [3.05, 3.63) is 36.4 Å². The Hall–Kier alpha value is -1.62. The molecule has 5 heteroatoms. The van der Waals surface area contributed by atoms with E-state index in [-0.39, 0.29) is 17.5 Å². The van der Waals surface area contributed by atoms with Crippen LogP contribution < -0.4 is 5.32 Å². The monoisotopic (exact) mass is 276 g/mol. The molecule has 1 saturated heterocycles. The van der Waals surface area contributed by atoms with Crippen LogP contribution in [0.2, 0.25) is 0 Å². The van der Waals surface area contributed by atoms with Crippen molar-refractivity contribution in [1.29, 1.82) is 0 Å². The normalized spacial score (nSPS) is 19.4. The third-order valence-corrected chi connectivity index (χ3v) is 5.22. The molecule has 0 atom stereocenters. The Morgan fingerprint density at radius 3 is 2.58 bits per heavy atom. The van der Waals surface area contributed by atoms with Crippen LogP contribution in [0.5, 0.6) is 0 Å². The van der Waals surface area contributed by atoms with Gasteiger partial charge in [0.05, 0.1) is 17.0 Å². The first kappa shape index (κ1) is 12.4. The van der Waals surface area contributed by atoms with E-state index in [0.717, 1.165) is 16.7 Å². The van der Waals surface area contributed by atoms with Crippen molar-refractivity contribution >= 4 is 26.6 Å². The van der Waals surface area contributed by atoms with E-state index in [0.29, 0.717) is 12.8 Å². The summed E-state index contributed by atoms with van der Waals surface area (Å²) in [6.07, 6.45) is 1.33. The summed E-state index contributed by atoms with van der Waals surface area (Å²) in [4.78, 5) is 4.55. The molecule has 0 unspecified atom stereocenters. The molecule has 0 spiro atoms. The lowest BCUT2D eigenvalue weighted by molar-refractivity contribution is 0.559. The molecule has 0 radical (unpaired) electrons. The van der Waals surface area contributed by atoms with Gasteiger partial charge in [0.15, 0.2) is 0 Å². The van der Waals surface area contributed by atoms with E-state index < -0.39 is 9.84 Å². The largest absolute Gasteiger partial charge is 0.367 e. The lowest BCUT2D eigenvalue weighted by Crippen LogP contribution is -2.32. The Morgan fingerprint density at radius 2 is 1.79 bits per heavy atom. The van der Waals surface area contributed by atoms with Gasteiger partial charge in [-0.25, -0.2) is 13.4 Å². The van der Waals surface area contributed by atoms with E-state index >= 15 is 0 Å². The number of nitrogens with one attached hydrogen (secondary N) is 1. The zero-order valence-corrected chi connectivity index (χ0v) is 11.4. The number of hydrogen-bond donors (Lipinski definition) is 1. The molecule has 100 valence electrons. The first-order chi connectivity index (χ1) is 9.12. The van der Waals surface area contributed by atoms with E-state index in [1.807, 2.05) is 36.4 Å². The van der Waals surface area contributed by atoms with Gasteiger partial charge < -0.3 is 5.32 Å². The quantitative estimate of drug-likeness (QED) is 0.913. The number of benzene rings is 1. The molecule has 19 heavy (non-hydrogen) atoms. The van der Waals surface area contributed by atoms with Crippen LogP contribution in [0.4, 0.5) is 5.82 Å². The second-order valence-corrected chi connectivity index (χ2v) is 7.26. The summed E-state index contributed by atoms with van der Waals surface area (Å²) in [5.74, 6) is 1.37. The summed E-state index contributed by atoms with van der Waals surface area (Å²) in [6.45, 7) is 0. The van der Waals surface area contributed by atoms with Gasteiger partial charge >= 0.3 is 0 Å². The average Bonchev–Trinajstić information content (AvgIpc) is 2.41. The first-order valence-corrected chi connectivity index (χ1v) is 8.27. The van der Waals surface area contributed by atoms with Gasteiger partial charge in [-0.1, -0.05) is 18.2 Å². The van der Waals surface area contributed by atoms with Gasteiger partial charge in [-0.05, 0) is 31.0 Å². The number of sulfone groups is 1. The second-order valence-electron chi connectivity index (χ2n) is 4.96. The Bertz CT molecular complexity index is 683. The lowest BCUT2D eigenvalue weighted by Gasteiger charge is -2.23. The first-order valence-electron chi connectivity index (χ1n) is 6.45. The third-order valence-electron chi connectivity index (χ3n) is 3.51. The van der Waals surface area contributed by atoms with E-state index in [1.54, 1.807) is 0 Å². The summed E-state index contributed by atoms with van der Waals surface area (Å²) in [6, 6.07) is 12.1. The van der Waals surface area contributed by atoms with Gasteiger partial charge in [0.1, 0.15) is 15.7 Å². The van der Waals surface area contributed by atoms with Crippen LogP contribution in [-0.2, 0) is 9.84 Å². The summed E-state index contributed by atoms with van der Waals surface area (Å²) in [5.41, 5.74) is 0.955. The fourth-order valence-electron chi connectivity index (χ4n) is 2.39. The molecule has 0 bridgehead atoms. The number of nitrogens with zero attached hydrogens (tertiary/aromatic N) is 1. The van der Waals surface area contributed by atoms with Crippen molar-refractivity contribution in [1.82, 2.24) is 4.98 Å². The molecule has 1 aromatic carbocycles. The lowest BCUT2D eigenvalue weighted by atomic mass is 10.1. The highest BCUT2D eigenvalue weighted by Gasteiger charge is 2.23. The molecule has 1 aliphatic heterocycles. The maximum atomic E-state index is 11.4. The maximum absolute atomic E-state index is 11.4. The maximum Gasteiger partial charge on any atom is 0.150 e. The van der Waals surface area contributed by atoms with Crippen molar-refractivity contribution in [2.45, 2.75) is 18.9 Å². The number of para-hydroxylation sites is 1. The van der Waals surface area contributed by atoms with Crippen molar-refractivity contribution in [3.8, 4) is 0 Å². The highest BCUT2D eigenvalue weighted by atomic mass is 32.2. The van der Waals surface area contributed by atoms with Gasteiger partial charge in [0, 0.05) is 11.4 Å². The van der Waals surface area contributed by atoms with Crippen LogP contribution >= 0.6 is 0 Å². The molecule has 1 N–H and O–H groups in total. The van der Waals surface area contributed by atoms with Gasteiger partial charge in [-0.15, -0.1) is 0 Å². The van der Waals surface area contributed by atoms with Crippen LogP contribution in [0, 0.1) is 0 Å². The topological polar surface area (TPSA) is 59.1 Å². The van der Waals surface area contributed by atoms with Gasteiger partial charge in [-0.3, -0.25) is 0 Å². The summed E-state index contributed by atoms with van der Waals surface area (Å²) in [5, 5.41) is 4.45. The Kier molecular flexibility index (Phi) is 3.14. The number of fused-ring (bicyclic) bond motifs is 1. The highest BCUT2D eigenvalue weighted by Crippen LogP contribution is 2.19. The molecule has 0 aliphatic carbocycles. The standard InChI is InChI=1S/C14H16N2O2S/c17-19(18)9-7-12(8-10-19)15-14-6-5-11-3-1-2-4-13(11)16-14/h1-6,12H,7-10H2,(H,15,16). The predicted octanol–water partition coefficient (Wildman–Crippen LogP) is 2.22. The fourth-order valence-corrected chi connectivity index (χ4v) is 3.88. The van der Waals surface area contributed by atoms with E-state index in [2.05, 4.69) is 10.3 Å². The molecule has 2 aromatic rings. The van der Waals surface area contributed by atoms with E-state index in [4.69, 9.17) is 0 Å². The Labute approximate surface area is 112 Å². The van der Waals surface area contributed by atoms with Gasteiger partial charge in [0.2, 0.25) is 0 Å². The Balaban J connectivity index is 1.75. The molecular formula is C14H16N2O2S. The zero-order valence-electron chi connectivity index (χ0n) is 10.5. The van der Waals surface area contributed by atoms with Crippen LogP contribution in [0.15, 0.2) is 36.4 Å². The van der Waals surface area contributed by atoms with E-state index in [1.165, 1.54) is 0 Å². The molecule has 1 aliphatic rings. The summed E-state index contributed by atoms with van der Waals surface area (Å²) in [7, 11) is -2.80. The van der Waals surface area contributed by atoms with Crippen molar-refractivity contribution < 1.29 is 8.42 Å². The third kappa shape index (κ3) is 2.87. The summed E-state index contributed by atoms with van der Waals surface area (Å²) < 4.78 is 22.8. The van der Waals surface area contributed by atoms with Gasteiger partial charge in [0.25, 0.3) is 0 Å². The minimum absolute atomic E-state index is 0.206. The number of hydrogen-bond acceptors (Lipinski definition) is 4. The second kappa shape index (κ2) is 4.81. The van der Waals surface area contributed by atoms with Gasteiger partial charge in [-0.2, -0.15) is 0 Å². The molecule has 3 rings (SSSR count). The smallest absolute Gasteiger partial charge is 0.150 e. The number of anilines is 1. The summed E-state index contributed by atoms with van der Waals surface area (Å²) >= 11 is 0. The molecule has 4 nitrogen and oxygen atoms in total. The van der Waals surface area contributed by atoms with Crippen molar-refractivity contribution in [2.24, 2.45) is 0 Å². The molecular weight excluding hydrogens is 260 g/mol. The number of pyridine rings is 1. The van der Waals surface area contributed by atoms with E-state index in [9.17, 15) is 8.42 Å². The SMILES string of the molecule is O=S1(=O)CCC(Nc2ccc3ccccc3n2)CC1. The van der Waals surface area contributed by atoms with Crippen LogP contribution in [-0.4, -0.2) is 30.9 Å². The molecule has 0 amide bonds. The zero-order chi connectivity index (χ0) is 13.3. The predicted molar refractivity (Wildman–Crippen MR) is 77.0 cm³/mol. The van der Waals surface area contributed by atoms with Crippen LogP contribution in [0.1, 0.15) is 12.8 Å². The number of rotatable bonds is 2. The molecule has 1 aromatic heterocycles. The highest BCUT2D eigenvalue weighted by molar-refractivity contribution is 7.91. The molecule has 1 fully saturated rings. The molecule has 2 heterocycles. The van der Waals surface area contributed by atoms with Crippen molar-refractivity contribution in [3.63, 3.8) is 0 Å². The van der Waals surface area contributed by atoms with Crippen LogP contribution in [0.25, 0.3) is 10.9 Å².